The van der Waals surface area contributed by atoms with Gasteiger partial charge in [0, 0.05) is 50.5 Å². The van der Waals surface area contributed by atoms with E-state index >= 15 is 0 Å². The average Bonchev–Trinajstić information content (AvgIpc) is 3.63. The molecule has 59 heavy (non-hydrogen) atoms. The highest BCUT2D eigenvalue weighted by Gasteiger charge is 2.39. The van der Waals surface area contributed by atoms with Crippen molar-refractivity contribution in [2.24, 2.45) is 17.6 Å². The van der Waals surface area contributed by atoms with E-state index in [1.54, 1.807) is 12.2 Å². The molecule has 0 aromatic carbocycles. The molecule has 0 bridgehead atoms. The van der Waals surface area contributed by atoms with Gasteiger partial charge in [0.1, 0.15) is 23.9 Å². The number of nitrogens with two attached hydrogens (primary N) is 1. The van der Waals surface area contributed by atoms with Crippen LogP contribution in [0, 0.1) is 25.7 Å². The first-order valence-corrected chi connectivity index (χ1v) is 23.8. The van der Waals surface area contributed by atoms with Crippen molar-refractivity contribution in [3.63, 3.8) is 0 Å². The van der Waals surface area contributed by atoms with Gasteiger partial charge in [-0.05, 0) is 69.9 Å². The molecule has 1 aromatic heterocycles. The normalized spacial score (nSPS) is 19.1. The minimum absolute atomic E-state index is 0.00853. The Hall–Kier alpha value is -2.64. The molecule has 1 saturated carbocycles. The van der Waals surface area contributed by atoms with Crippen LogP contribution >= 0.6 is 7.82 Å². The summed E-state index contributed by atoms with van der Waals surface area (Å²) in [5.41, 5.74) is 7.93. The third-order valence-electron chi connectivity index (χ3n) is 10.9. The van der Waals surface area contributed by atoms with Crippen molar-refractivity contribution in [2.75, 3.05) is 26.4 Å². The van der Waals surface area contributed by atoms with Gasteiger partial charge in [-0.25, -0.2) is 4.57 Å². The van der Waals surface area contributed by atoms with Gasteiger partial charge in [-0.1, -0.05) is 95.9 Å². The van der Waals surface area contributed by atoms with Crippen LogP contribution in [0.25, 0.3) is 0 Å². The van der Waals surface area contributed by atoms with Crippen LogP contribution in [-0.4, -0.2) is 77.5 Å². The number of hydrogen-bond acceptors (Lipinski definition) is 12. The summed E-state index contributed by atoms with van der Waals surface area (Å²) in [5, 5.41) is 20.7. The summed E-state index contributed by atoms with van der Waals surface area (Å²) in [5.74, 6) is 0.459. The molecule has 6 atom stereocenters. The highest BCUT2D eigenvalue weighted by atomic mass is 31.2. The molecule has 1 aliphatic rings. The van der Waals surface area contributed by atoms with E-state index in [1.165, 1.54) is 11.1 Å². The largest absolute Gasteiger partial charge is 0.472 e. The number of allylic oxidation sites excluding steroid dienone is 3. The van der Waals surface area contributed by atoms with E-state index in [1.807, 2.05) is 12.2 Å². The Labute approximate surface area is 353 Å². The van der Waals surface area contributed by atoms with Gasteiger partial charge in [0.15, 0.2) is 6.10 Å². The van der Waals surface area contributed by atoms with Crippen molar-refractivity contribution in [1.29, 1.82) is 0 Å². The summed E-state index contributed by atoms with van der Waals surface area (Å²) in [6.07, 6.45) is 21.4. The number of Topliss-reactive ketones (excluding diaryl/α,β-unsaturated/α-hetero) is 1. The Balaban J connectivity index is 1.70. The number of ether oxygens (including phenoxy) is 2. The molecular weight excluding hydrogens is 777 g/mol. The highest BCUT2D eigenvalue weighted by Crippen LogP contribution is 2.43. The maximum Gasteiger partial charge on any atom is 0.472 e. The third kappa shape index (κ3) is 22.1. The minimum atomic E-state index is -4.46. The van der Waals surface area contributed by atoms with Crippen LogP contribution in [0.1, 0.15) is 158 Å². The zero-order valence-electron chi connectivity index (χ0n) is 36.4. The molecule has 0 radical (unpaired) electrons. The molecule has 1 aliphatic carbocycles. The van der Waals surface area contributed by atoms with Crippen LogP contribution in [0.15, 0.2) is 28.7 Å². The molecule has 0 amide bonds. The lowest BCUT2D eigenvalue weighted by Crippen LogP contribution is -2.29. The number of furan rings is 1. The Morgan fingerprint density at radius 2 is 1.53 bits per heavy atom. The fourth-order valence-electron chi connectivity index (χ4n) is 7.25. The number of esters is 2. The van der Waals surface area contributed by atoms with E-state index in [0.717, 1.165) is 95.0 Å². The molecule has 338 valence electrons. The monoisotopic (exact) mass is 854 g/mol. The second-order valence-corrected chi connectivity index (χ2v) is 17.4. The van der Waals surface area contributed by atoms with Gasteiger partial charge in [0.05, 0.1) is 25.4 Å². The average molecular weight is 854 g/mol. The molecule has 1 unspecified atom stereocenters. The Bertz CT molecular complexity index is 1460. The number of hydrogen-bond donors (Lipinski definition) is 4. The molecule has 14 heteroatoms. The van der Waals surface area contributed by atoms with Crippen molar-refractivity contribution in [3.05, 3.63) is 47.0 Å². The van der Waals surface area contributed by atoms with E-state index in [-0.39, 0.29) is 50.7 Å². The van der Waals surface area contributed by atoms with Crippen molar-refractivity contribution in [2.45, 2.75) is 181 Å². The van der Waals surface area contributed by atoms with Gasteiger partial charge in [0.2, 0.25) is 0 Å². The van der Waals surface area contributed by atoms with E-state index in [0.29, 0.717) is 32.1 Å². The number of phosphoric acid groups is 1. The number of aliphatic hydroxyl groups excluding tert-OH is 2. The van der Waals surface area contributed by atoms with Gasteiger partial charge < -0.3 is 34.7 Å². The van der Waals surface area contributed by atoms with Crippen LogP contribution in [0.5, 0.6) is 0 Å². The number of aliphatic hydroxyl groups is 2. The predicted octanol–water partition coefficient (Wildman–Crippen LogP) is 8.63. The molecule has 1 aromatic rings. The lowest BCUT2D eigenvalue weighted by atomic mass is 9.90. The number of carbonyl (C=O) groups is 3. The molecule has 13 nitrogen and oxygen atoms in total. The molecule has 2 rings (SSSR count). The number of carbonyl (C=O) groups excluding carboxylic acids is 3. The van der Waals surface area contributed by atoms with Crippen molar-refractivity contribution in [3.8, 4) is 0 Å². The number of rotatable bonds is 34. The first-order chi connectivity index (χ1) is 28.3. The van der Waals surface area contributed by atoms with Gasteiger partial charge in [-0.3, -0.25) is 23.4 Å². The number of ketones is 1. The van der Waals surface area contributed by atoms with E-state index < -0.39 is 50.6 Å². The van der Waals surface area contributed by atoms with E-state index in [2.05, 4.69) is 27.7 Å². The second-order valence-electron chi connectivity index (χ2n) is 15.9. The van der Waals surface area contributed by atoms with Crippen LogP contribution < -0.4 is 5.73 Å². The molecule has 1 fully saturated rings. The Morgan fingerprint density at radius 1 is 0.864 bits per heavy atom. The molecule has 0 saturated heterocycles. The van der Waals surface area contributed by atoms with Gasteiger partial charge in [0.25, 0.3) is 0 Å². The fourth-order valence-corrected chi connectivity index (χ4v) is 8.02. The zero-order valence-corrected chi connectivity index (χ0v) is 37.3. The lowest BCUT2D eigenvalue weighted by molar-refractivity contribution is -0.161. The van der Waals surface area contributed by atoms with Gasteiger partial charge >= 0.3 is 19.8 Å². The van der Waals surface area contributed by atoms with Crippen molar-refractivity contribution < 1.29 is 57.0 Å². The topological polar surface area (TPSA) is 205 Å². The molecule has 0 spiro atoms. The lowest BCUT2D eigenvalue weighted by Gasteiger charge is -2.19. The van der Waals surface area contributed by atoms with Crippen molar-refractivity contribution in [1.82, 2.24) is 0 Å². The summed E-state index contributed by atoms with van der Waals surface area (Å²) in [6.45, 7) is 7.51. The summed E-state index contributed by atoms with van der Waals surface area (Å²) in [7, 11) is -4.46. The van der Waals surface area contributed by atoms with Crippen LogP contribution in [0.3, 0.4) is 0 Å². The van der Waals surface area contributed by atoms with Crippen LogP contribution in [0.2, 0.25) is 0 Å². The standard InChI is InChI=1S/C45H76NO12P/c1-5-7-16-22-36(47)27-28-39-38(40(48)31-41(39)49)23-17-14-15-19-25-44(50)54-32-37(33-56-59(52,53)55-30-29-46)57-45(51)26-20-13-11-9-8-10-12-18-24-43-35(4)34(3)42(58-43)21-6-2/h14,17,27-28,36-40,47-48H,5-13,15-16,18-26,29-33,46H2,1-4H3,(H,52,53)/b17-14-,28-27+/t36-,37+,38+,39+,40-/m0/s1. The summed E-state index contributed by atoms with van der Waals surface area (Å²) in [6, 6.07) is 0. The first-order valence-electron chi connectivity index (χ1n) is 22.3. The Kier molecular flexibility index (Phi) is 27.0. The Morgan fingerprint density at radius 3 is 2.20 bits per heavy atom. The summed E-state index contributed by atoms with van der Waals surface area (Å²) in [4.78, 5) is 47.7. The number of unbranched alkanes of at least 4 members (excludes halogenated alkanes) is 10. The first kappa shape index (κ1) is 52.5. The molecule has 1 heterocycles. The summed E-state index contributed by atoms with van der Waals surface area (Å²) >= 11 is 0. The maximum atomic E-state index is 12.7. The summed E-state index contributed by atoms with van der Waals surface area (Å²) < 4.78 is 38.9. The van der Waals surface area contributed by atoms with Crippen LogP contribution in [-0.2, 0) is 50.3 Å². The van der Waals surface area contributed by atoms with Crippen molar-refractivity contribution >= 4 is 25.5 Å². The molecule has 0 aliphatic heterocycles. The minimum Gasteiger partial charge on any atom is -0.466 e. The van der Waals surface area contributed by atoms with Gasteiger partial charge in [-0.2, -0.15) is 0 Å². The quantitative estimate of drug-likeness (QED) is 0.0222. The van der Waals surface area contributed by atoms with Crippen LogP contribution in [0.4, 0.5) is 0 Å². The second kappa shape index (κ2) is 30.4. The van der Waals surface area contributed by atoms with E-state index in [4.69, 9.17) is 28.7 Å². The zero-order chi connectivity index (χ0) is 43.5. The molecule has 5 N–H and O–H groups in total. The highest BCUT2D eigenvalue weighted by molar-refractivity contribution is 7.47. The number of aryl methyl sites for hydroxylation is 2. The van der Waals surface area contributed by atoms with E-state index in [9.17, 15) is 34.1 Å². The number of phosphoric ester groups is 1. The van der Waals surface area contributed by atoms with Gasteiger partial charge in [-0.15, -0.1) is 0 Å². The SMILES string of the molecule is CCCCC[C@H](O)/C=C/[C@H]1C(=O)C[C@H](O)[C@@H]1C/C=C\CCCC(=O)OC[C@H](COP(=O)(O)OCCN)OC(=O)CCCCCCCCCCc1oc(CCC)c(C)c1C. The third-order valence-corrected chi connectivity index (χ3v) is 11.9. The fraction of sp³-hybridized carbons (Fsp3) is 0.756. The predicted molar refractivity (Wildman–Crippen MR) is 229 cm³/mol. The molecular formula is C45H76NO12P. The maximum absolute atomic E-state index is 12.7. The smallest absolute Gasteiger partial charge is 0.466 e.